The molecule has 6 nitrogen and oxygen atoms in total. The van der Waals surface area contributed by atoms with E-state index in [1.165, 1.54) is 12.8 Å². The summed E-state index contributed by atoms with van der Waals surface area (Å²) in [6.45, 7) is 1.81. The molecule has 25 heavy (non-hydrogen) atoms. The van der Waals surface area contributed by atoms with Gasteiger partial charge < -0.3 is 14.6 Å². The minimum absolute atomic E-state index is 0.250. The zero-order valence-corrected chi connectivity index (χ0v) is 14.8. The van der Waals surface area contributed by atoms with E-state index in [2.05, 4.69) is 16.0 Å². The van der Waals surface area contributed by atoms with Gasteiger partial charge in [-0.3, -0.25) is 4.79 Å². The molecule has 0 radical (unpaired) electrons. The van der Waals surface area contributed by atoms with Gasteiger partial charge in [-0.1, -0.05) is 23.2 Å². The van der Waals surface area contributed by atoms with Crippen LogP contribution in [-0.2, 0) is 4.79 Å². The Morgan fingerprint density at radius 3 is 2.56 bits per heavy atom. The maximum atomic E-state index is 8.36. The fraction of sp³-hybridized carbons (Fsp3) is 0.235. The normalized spacial score (nSPS) is 13.6. The number of pyridine rings is 1. The third-order valence-corrected chi connectivity index (χ3v) is 4.84. The number of nitrogens with zero attached hydrogens (tertiary/aromatic N) is 4. The van der Waals surface area contributed by atoms with Crippen molar-refractivity contribution in [2.75, 3.05) is 18.0 Å². The third kappa shape index (κ3) is 3.55. The molecular weight excluding hydrogens is 363 g/mol. The van der Waals surface area contributed by atoms with E-state index in [0.29, 0.717) is 10.0 Å². The molecule has 0 aliphatic carbocycles. The number of anilines is 1. The van der Waals surface area contributed by atoms with Gasteiger partial charge in [0.1, 0.15) is 5.82 Å². The van der Waals surface area contributed by atoms with Gasteiger partial charge in [0.25, 0.3) is 6.47 Å². The van der Waals surface area contributed by atoms with Crippen molar-refractivity contribution >= 4 is 46.4 Å². The summed E-state index contributed by atoms with van der Waals surface area (Å²) in [5.74, 6) is 0.942. The number of aromatic nitrogens is 3. The molecule has 0 atom stereocenters. The van der Waals surface area contributed by atoms with Gasteiger partial charge in [-0.2, -0.15) is 0 Å². The van der Waals surface area contributed by atoms with Gasteiger partial charge in [-0.25, -0.2) is 9.97 Å². The second kappa shape index (κ2) is 7.72. The molecule has 0 bridgehead atoms. The van der Waals surface area contributed by atoms with Gasteiger partial charge in [0.15, 0.2) is 0 Å². The molecule has 1 N–H and O–H groups in total. The monoisotopic (exact) mass is 378 g/mol. The molecule has 0 unspecified atom stereocenters. The van der Waals surface area contributed by atoms with Gasteiger partial charge in [0.2, 0.25) is 0 Å². The number of halogens is 2. The van der Waals surface area contributed by atoms with Crippen molar-refractivity contribution in [3.63, 3.8) is 0 Å². The molecule has 0 saturated carbocycles. The van der Waals surface area contributed by atoms with Crippen LogP contribution in [0.25, 0.3) is 16.6 Å². The summed E-state index contributed by atoms with van der Waals surface area (Å²) in [7, 11) is 0. The Labute approximate surface area is 154 Å². The van der Waals surface area contributed by atoms with E-state index in [-0.39, 0.29) is 6.47 Å². The van der Waals surface area contributed by atoms with E-state index >= 15 is 0 Å². The maximum absolute atomic E-state index is 8.36. The zero-order chi connectivity index (χ0) is 17.8. The molecule has 8 heteroatoms. The largest absolute Gasteiger partial charge is 0.483 e. The van der Waals surface area contributed by atoms with Gasteiger partial charge >= 0.3 is 0 Å². The van der Waals surface area contributed by atoms with E-state index in [1.807, 2.05) is 22.9 Å². The molecule has 4 rings (SSSR count). The summed E-state index contributed by atoms with van der Waals surface area (Å²) in [6, 6.07) is 5.86. The lowest BCUT2D eigenvalue weighted by atomic mass is 10.1. The average molecular weight is 379 g/mol. The van der Waals surface area contributed by atoms with Crippen molar-refractivity contribution < 1.29 is 9.90 Å². The van der Waals surface area contributed by atoms with Crippen molar-refractivity contribution in [3.8, 4) is 5.69 Å². The van der Waals surface area contributed by atoms with Crippen LogP contribution in [0.4, 0.5) is 5.82 Å². The van der Waals surface area contributed by atoms with Crippen LogP contribution in [0.5, 0.6) is 0 Å². The second-order valence-corrected chi connectivity index (χ2v) is 6.31. The van der Waals surface area contributed by atoms with Crippen LogP contribution < -0.4 is 4.90 Å². The van der Waals surface area contributed by atoms with Crippen molar-refractivity contribution in [3.05, 3.63) is 47.0 Å². The lowest BCUT2D eigenvalue weighted by molar-refractivity contribution is -0.122. The molecule has 1 saturated heterocycles. The van der Waals surface area contributed by atoms with E-state index < -0.39 is 0 Å². The summed E-state index contributed by atoms with van der Waals surface area (Å²) in [5, 5.41) is 8.88. The summed E-state index contributed by atoms with van der Waals surface area (Å²) in [5.41, 5.74) is 1.75. The Bertz CT molecular complexity index is 878. The van der Waals surface area contributed by atoms with Crippen LogP contribution in [0.1, 0.15) is 12.8 Å². The molecule has 130 valence electrons. The molecular formula is C17H16Cl2N4O2. The number of carboxylic acid groups (broad SMARTS) is 1. The molecule has 1 fully saturated rings. The Balaban J connectivity index is 0.000000569. The maximum Gasteiger partial charge on any atom is 0.290 e. The summed E-state index contributed by atoms with van der Waals surface area (Å²) < 4.78 is 1.98. The van der Waals surface area contributed by atoms with Gasteiger partial charge in [0.05, 0.1) is 27.6 Å². The van der Waals surface area contributed by atoms with E-state index in [9.17, 15) is 0 Å². The highest BCUT2D eigenvalue weighted by Crippen LogP contribution is 2.35. The Hall–Kier alpha value is -2.31. The summed E-state index contributed by atoms with van der Waals surface area (Å²) in [4.78, 5) is 19.6. The number of rotatable bonds is 2. The molecule has 1 aliphatic rings. The fourth-order valence-electron chi connectivity index (χ4n) is 2.93. The smallest absolute Gasteiger partial charge is 0.290 e. The Kier molecular flexibility index (Phi) is 5.40. The highest BCUT2D eigenvalue weighted by atomic mass is 35.5. The SMILES string of the molecule is Clc1ccc2c(-n3ccnc3)cc(N3CCCC3)nc2c1Cl.O=CO. The van der Waals surface area contributed by atoms with Crippen LogP contribution in [0.2, 0.25) is 10.0 Å². The van der Waals surface area contributed by atoms with Crippen molar-refractivity contribution in [1.29, 1.82) is 0 Å². The fourth-order valence-corrected chi connectivity index (χ4v) is 3.29. The number of benzene rings is 1. The highest BCUT2D eigenvalue weighted by molar-refractivity contribution is 6.45. The van der Waals surface area contributed by atoms with Crippen LogP contribution in [-0.4, -0.2) is 39.2 Å². The predicted octanol–water partition coefficient (Wildman–Crippen LogP) is 4.03. The quantitative estimate of drug-likeness (QED) is 0.681. The minimum Gasteiger partial charge on any atom is -0.483 e. The highest BCUT2D eigenvalue weighted by Gasteiger charge is 2.18. The van der Waals surface area contributed by atoms with Crippen molar-refractivity contribution in [1.82, 2.24) is 14.5 Å². The second-order valence-electron chi connectivity index (χ2n) is 5.53. The number of hydrogen-bond donors (Lipinski definition) is 1. The first kappa shape index (κ1) is 17.5. The first-order valence-electron chi connectivity index (χ1n) is 7.75. The van der Waals surface area contributed by atoms with Gasteiger partial charge in [-0.15, -0.1) is 0 Å². The minimum atomic E-state index is -0.250. The number of hydrogen-bond acceptors (Lipinski definition) is 4. The predicted molar refractivity (Wildman–Crippen MR) is 99.0 cm³/mol. The first-order chi connectivity index (χ1) is 12.2. The number of carbonyl (C=O) groups is 1. The Morgan fingerprint density at radius 2 is 1.92 bits per heavy atom. The molecule has 0 spiro atoms. The van der Waals surface area contributed by atoms with E-state index in [0.717, 1.165) is 35.5 Å². The molecule has 3 heterocycles. The number of fused-ring (bicyclic) bond motifs is 1. The third-order valence-electron chi connectivity index (χ3n) is 4.05. The Morgan fingerprint density at radius 1 is 1.20 bits per heavy atom. The molecule has 0 amide bonds. The van der Waals surface area contributed by atoms with Crippen LogP contribution >= 0.6 is 23.2 Å². The van der Waals surface area contributed by atoms with Gasteiger partial charge in [-0.05, 0) is 25.0 Å². The van der Waals surface area contributed by atoms with E-state index in [4.69, 9.17) is 38.1 Å². The standard InChI is InChI=1S/C16H14Cl2N4.CH2O2/c17-12-4-3-11-13(22-8-5-19-10-22)9-14(20-16(11)15(12)18)21-6-1-2-7-21;2-1-3/h3-5,8-10H,1-2,6-7H2;1H,(H,2,3). The lowest BCUT2D eigenvalue weighted by Gasteiger charge is -2.19. The topological polar surface area (TPSA) is 71.2 Å². The van der Waals surface area contributed by atoms with E-state index in [1.54, 1.807) is 12.5 Å². The lowest BCUT2D eigenvalue weighted by Crippen LogP contribution is -2.19. The summed E-state index contributed by atoms with van der Waals surface area (Å²) in [6.07, 6.45) is 7.86. The molecule has 3 aromatic rings. The van der Waals surface area contributed by atoms with Crippen molar-refractivity contribution in [2.45, 2.75) is 12.8 Å². The molecule has 2 aromatic heterocycles. The molecule has 1 aromatic carbocycles. The molecule has 1 aliphatic heterocycles. The van der Waals surface area contributed by atoms with Crippen LogP contribution in [0.3, 0.4) is 0 Å². The van der Waals surface area contributed by atoms with Crippen LogP contribution in [0, 0.1) is 0 Å². The number of imidazole rings is 1. The summed E-state index contributed by atoms with van der Waals surface area (Å²) >= 11 is 12.6. The van der Waals surface area contributed by atoms with Crippen LogP contribution in [0.15, 0.2) is 36.9 Å². The van der Waals surface area contributed by atoms with Crippen molar-refractivity contribution in [2.24, 2.45) is 0 Å². The van der Waals surface area contributed by atoms with Gasteiger partial charge in [0, 0.05) is 36.9 Å². The average Bonchev–Trinajstić information content (AvgIpc) is 3.31. The first-order valence-corrected chi connectivity index (χ1v) is 8.51. The zero-order valence-electron chi connectivity index (χ0n) is 13.3.